The van der Waals surface area contributed by atoms with Crippen molar-refractivity contribution in [1.29, 1.82) is 0 Å². The van der Waals surface area contributed by atoms with E-state index in [1.807, 2.05) is 18.0 Å². The monoisotopic (exact) mass is 443 g/mol. The number of thiophene rings is 1. The lowest BCUT2D eigenvalue weighted by atomic mass is 9.90. The fourth-order valence-electron chi connectivity index (χ4n) is 5.55. The fourth-order valence-corrected chi connectivity index (χ4v) is 6.69. The van der Waals surface area contributed by atoms with Crippen molar-refractivity contribution in [2.75, 3.05) is 20.1 Å². The van der Waals surface area contributed by atoms with Crippen LogP contribution in [0.2, 0.25) is 0 Å². The minimum atomic E-state index is 0.0382. The topological polar surface area (TPSA) is 70.5 Å². The number of hydrogen-bond acceptors (Lipinski definition) is 4. The van der Waals surface area contributed by atoms with Gasteiger partial charge in [-0.05, 0) is 51.5 Å². The van der Waals surface area contributed by atoms with Gasteiger partial charge < -0.3 is 15.1 Å². The second kappa shape index (κ2) is 8.45. The molecule has 168 valence electrons. The van der Waals surface area contributed by atoms with Gasteiger partial charge >= 0.3 is 6.03 Å². The maximum atomic E-state index is 13.0. The summed E-state index contributed by atoms with van der Waals surface area (Å²) in [6.07, 6.45) is 10.0. The van der Waals surface area contributed by atoms with Crippen molar-refractivity contribution in [1.82, 2.24) is 24.9 Å². The SMILES string of the molecule is Cc1nn(C2CCCCC2)c2sc(C(=O)NC3CCC(N4CCN(C)C4=O)CC3)cc12. The Labute approximate surface area is 187 Å². The molecule has 5 rings (SSSR count). The highest BCUT2D eigenvalue weighted by Crippen LogP contribution is 2.35. The van der Waals surface area contributed by atoms with E-state index < -0.39 is 0 Å². The Morgan fingerprint density at radius 3 is 2.48 bits per heavy atom. The molecule has 8 heteroatoms. The zero-order valence-electron chi connectivity index (χ0n) is 18.6. The van der Waals surface area contributed by atoms with Gasteiger partial charge in [0, 0.05) is 37.6 Å². The van der Waals surface area contributed by atoms with Gasteiger partial charge in [0.05, 0.1) is 16.6 Å². The molecule has 31 heavy (non-hydrogen) atoms. The molecule has 2 aromatic heterocycles. The van der Waals surface area contributed by atoms with Gasteiger partial charge in [-0.2, -0.15) is 5.10 Å². The number of carbonyl (C=O) groups excluding carboxylic acids is 2. The third kappa shape index (κ3) is 3.95. The van der Waals surface area contributed by atoms with E-state index in [4.69, 9.17) is 5.10 Å². The van der Waals surface area contributed by atoms with Gasteiger partial charge in [0.2, 0.25) is 0 Å². The minimum absolute atomic E-state index is 0.0382. The molecule has 0 bridgehead atoms. The van der Waals surface area contributed by atoms with E-state index in [-0.39, 0.29) is 18.0 Å². The van der Waals surface area contributed by atoms with Crippen LogP contribution in [0.4, 0.5) is 4.79 Å². The van der Waals surface area contributed by atoms with E-state index in [2.05, 4.69) is 16.9 Å². The molecule has 7 nitrogen and oxygen atoms in total. The highest BCUT2D eigenvalue weighted by Gasteiger charge is 2.34. The molecule has 3 fully saturated rings. The number of nitrogens with one attached hydrogen (secondary N) is 1. The van der Waals surface area contributed by atoms with Crippen molar-refractivity contribution >= 4 is 33.5 Å². The summed E-state index contributed by atoms with van der Waals surface area (Å²) in [6.45, 7) is 3.70. The van der Waals surface area contributed by atoms with Gasteiger partial charge in [-0.15, -0.1) is 11.3 Å². The van der Waals surface area contributed by atoms with E-state index in [0.29, 0.717) is 12.1 Å². The lowest BCUT2D eigenvalue weighted by molar-refractivity contribution is 0.0918. The Morgan fingerprint density at radius 2 is 1.81 bits per heavy atom. The van der Waals surface area contributed by atoms with Crippen LogP contribution in [0.5, 0.6) is 0 Å². The third-order valence-corrected chi connectivity index (χ3v) is 8.56. The highest BCUT2D eigenvalue weighted by atomic mass is 32.1. The van der Waals surface area contributed by atoms with E-state index in [0.717, 1.165) is 59.6 Å². The van der Waals surface area contributed by atoms with Crippen LogP contribution in [0, 0.1) is 6.92 Å². The number of likely N-dealkylation sites (N-methyl/N-ethyl adjacent to an activating group) is 1. The first-order valence-electron chi connectivity index (χ1n) is 11.8. The smallest absolute Gasteiger partial charge is 0.320 e. The molecule has 1 N–H and O–H groups in total. The van der Waals surface area contributed by atoms with Gasteiger partial charge in [-0.3, -0.25) is 9.48 Å². The summed E-state index contributed by atoms with van der Waals surface area (Å²) in [6, 6.07) is 3.17. The van der Waals surface area contributed by atoms with E-state index >= 15 is 0 Å². The quantitative estimate of drug-likeness (QED) is 0.765. The number of aryl methyl sites for hydroxylation is 1. The third-order valence-electron chi connectivity index (χ3n) is 7.43. The Balaban J connectivity index is 1.22. The number of fused-ring (bicyclic) bond motifs is 1. The molecule has 1 saturated heterocycles. The number of nitrogens with zero attached hydrogens (tertiary/aromatic N) is 4. The molecular weight excluding hydrogens is 410 g/mol. The van der Waals surface area contributed by atoms with Crippen LogP contribution in [0.1, 0.15) is 79.2 Å². The van der Waals surface area contributed by atoms with Crippen molar-refractivity contribution in [3.05, 3.63) is 16.6 Å². The average molecular weight is 444 g/mol. The van der Waals surface area contributed by atoms with Crippen molar-refractivity contribution in [2.45, 2.75) is 82.8 Å². The lowest BCUT2D eigenvalue weighted by Gasteiger charge is -2.34. The van der Waals surface area contributed by atoms with Crippen LogP contribution in [0.15, 0.2) is 6.07 Å². The first-order chi connectivity index (χ1) is 15.0. The molecule has 0 unspecified atom stereocenters. The summed E-state index contributed by atoms with van der Waals surface area (Å²) in [5, 5.41) is 9.20. The van der Waals surface area contributed by atoms with E-state index in [1.54, 1.807) is 16.2 Å². The molecule has 0 radical (unpaired) electrons. The number of carbonyl (C=O) groups is 2. The number of urea groups is 1. The van der Waals surface area contributed by atoms with Gasteiger partial charge in [-0.25, -0.2) is 4.79 Å². The van der Waals surface area contributed by atoms with Crippen molar-refractivity contribution in [3.63, 3.8) is 0 Å². The molecule has 0 atom stereocenters. The summed E-state index contributed by atoms with van der Waals surface area (Å²) in [5.41, 5.74) is 1.02. The summed E-state index contributed by atoms with van der Waals surface area (Å²) < 4.78 is 2.19. The standard InChI is InChI=1S/C23H33N5O2S/c1-15-19-14-20(31-22(19)28(25-15)18-6-4-3-5-7-18)21(29)24-16-8-10-17(11-9-16)27-13-12-26(2)23(27)30/h14,16-18H,3-13H2,1-2H3,(H,24,29). The van der Waals surface area contributed by atoms with Crippen molar-refractivity contribution in [3.8, 4) is 0 Å². The maximum absolute atomic E-state index is 13.0. The first kappa shape index (κ1) is 20.8. The maximum Gasteiger partial charge on any atom is 0.320 e. The molecule has 2 saturated carbocycles. The van der Waals surface area contributed by atoms with Crippen LogP contribution in [0.25, 0.3) is 10.2 Å². The Morgan fingerprint density at radius 1 is 1.06 bits per heavy atom. The second-order valence-electron chi connectivity index (χ2n) is 9.53. The predicted molar refractivity (Wildman–Crippen MR) is 123 cm³/mol. The average Bonchev–Trinajstić information content (AvgIpc) is 3.45. The van der Waals surface area contributed by atoms with Gasteiger partial charge in [-0.1, -0.05) is 19.3 Å². The predicted octanol–water partition coefficient (Wildman–Crippen LogP) is 4.32. The Kier molecular flexibility index (Phi) is 5.67. The number of aromatic nitrogens is 2. The lowest BCUT2D eigenvalue weighted by Crippen LogP contribution is -2.45. The van der Waals surface area contributed by atoms with Crippen LogP contribution in [-0.4, -0.2) is 63.7 Å². The minimum Gasteiger partial charge on any atom is -0.349 e. The Hall–Kier alpha value is -2.09. The molecule has 0 spiro atoms. The molecule has 2 aromatic rings. The van der Waals surface area contributed by atoms with E-state index in [1.165, 1.54) is 32.1 Å². The molecule has 1 aliphatic heterocycles. The molecule has 3 heterocycles. The molecule has 2 aliphatic carbocycles. The van der Waals surface area contributed by atoms with Crippen LogP contribution < -0.4 is 5.32 Å². The van der Waals surface area contributed by atoms with Crippen LogP contribution in [-0.2, 0) is 0 Å². The Bertz CT molecular complexity index is 968. The summed E-state index contributed by atoms with van der Waals surface area (Å²) >= 11 is 1.59. The number of hydrogen-bond donors (Lipinski definition) is 1. The van der Waals surface area contributed by atoms with Crippen LogP contribution in [0.3, 0.4) is 0 Å². The van der Waals surface area contributed by atoms with E-state index in [9.17, 15) is 9.59 Å². The zero-order valence-corrected chi connectivity index (χ0v) is 19.4. The highest BCUT2D eigenvalue weighted by molar-refractivity contribution is 7.20. The molecule has 3 aliphatic rings. The summed E-state index contributed by atoms with van der Waals surface area (Å²) in [5.74, 6) is 0.0382. The summed E-state index contributed by atoms with van der Waals surface area (Å²) in [4.78, 5) is 31.0. The number of rotatable bonds is 4. The fraction of sp³-hybridized carbons (Fsp3) is 0.696. The largest absolute Gasteiger partial charge is 0.349 e. The molecule has 3 amide bonds. The molecule has 0 aromatic carbocycles. The van der Waals surface area contributed by atoms with Gasteiger partial charge in [0.25, 0.3) is 5.91 Å². The first-order valence-corrected chi connectivity index (χ1v) is 12.6. The molecular formula is C23H33N5O2S. The van der Waals surface area contributed by atoms with Gasteiger partial charge in [0.15, 0.2) is 0 Å². The van der Waals surface area contributed by atoms with Crippen molar-refractivity contribution < 1.29 is 9.59 Å². The zero-order chi connectivity index (χ0) is 21.5. The number of amides is 3. The summed E-state index contributed by atoms with van der Waals surface area (Å²) in [7, 11) is 1.87. The van der Waals surface area contributed by atoms with Crippen LogP contribution >= 0.6 is 11.3 Å². The second-order valence-corrected chi connectivity index (χ2v) is 10.6. The van der Waals surface area contributed by atoms with Crippen molar-refractivity contribution in [2.24, 2.45) is 0 Å². The van der Waals surface area contributed by atoms with Gasteiger partial charge in [0.1, 0.15) is 4.83 Å². The normalized spacial score (nSPS) is 25.5.